The highest BCUT2D eigenvalue weighted by molar-refractivity contribution is 8.13. The fourth-order valence-electron chi connectivity index (χ4n) is 0.871. The quantitative estimate of drug-likeness (QED) is 0.689. The molecule has 0 atom stereocenters. The number of thioether (sulfide) groups is 1. The smallest absolute Gasteiger partial charge is 0.186 e. The second-order valence-electron chi connectivity index (χ2n) is 2.68. The topological polar surface area (TPSA) is 60.9 Å². The lowest BCUT2D eigenvalue weighted by Gasteiger charge is -1.84. The minimum atomic E-state index is 0.0680. The van der Waals surface area contributed by atoms with E-state index in [2.05, 4.69) is 16.9 Å². The molecule has 0 unspecified atom stereocenters. The lowest BCUT2D eigenvalue weighted by atomic mass is 10.3. The molecule has 0 spiro atoms. The van der Waals surface area contributed by atoms with Crippen LogP contribution in [0, 0.1) is 11.8 Å². The number of aryl methyl sites for hydroxylation is 1. The van der Waals surface area contributed by atoms with Gasteiger partial charge in [-0.15, -0.1) is 0 Å². The first-order valence-electron chi connectivity index (χ1n) is 4.01. The van der Waals surface area contributed by atoms with Crippen LogP contribution in [0.5, 0.6) is 0 Å². The van der Waals surface area contributed by atoms with E-state index in [9.17, 15) is 4.79 Å². The zero-order chi connectivity index (χ0) is 10.6. The summed E-state index contributed by atoms with van der Waals surface area (Å²) in [5.41, 5.74) is 6.28. The van der Waals surface area contributed by atoms with E-state index in [-0.39, 0.29) is 5.12 Å². The van der Waals surface area contributed by atoms with Gasteiger partial charge in [-0.3, -0.25) is 9.48 Å². The monoisotopic (exact) mass is 209 g/mol. The van der Waals surface area contributed by atoms with Crippen molar-refractivity contribution in [1.82, 2.24) is 9.78 Å². The summed E-state index contributed by atoms with van der Waals surface area (Å²) in [5, 5.41) is 4.01. The van der Waals surface area contributed by atoms with Crippen molar-refractivity contribution in [3.05, 3.63) is 11.8 Å². The molecule has 0 aromatic carbocycles. The molecule has 1 rings (SSSR count). The second kappa shape index (κ2) is 4.72. The molecule has 1 aromatic rings. The minimum Gasteiger partial charge on any atom is -0.381 e. The minimum absolute atomic E-state index is 0.0680. The molecule has 0 amide bonds. The molecule has 14 heavy (non-hydrogen) atoms. The summed E-state index contributed by atoms with van der Waals surface area (Å²) in [4.78, 5) is 10.6. The Morgan fingerprint density at radius 3 is 3.00 bits per heavy atom. The molecule has 0 fully saturated rings. The van der Waals surface area contributed by atoms with Gasteiger partial charge in [-0.25, -0.2) is 0 Å². The molecule has 0 aliphatic rings. The largest absolute Gasteiger partial charge is 0.381 e. The standard InChI is InChI=1S/C9H11N3OS/c1-7(13)14-5-3-4-8-6-12(2)11-9(8)10/h6H,5H2,1-2H3,(H2,10,11). The Morgan fingerprint density at radius 2 is 2.50 bits per heavy atom. The highest BCUT2D eigenvalue weighted by atomic mass is 32.2. The van der Waals surface area contributed by atoms with Crippen molar-refractivity contribution in [3.63, 3.8) is 0 Å². The highest BCUT2D eigenvalue weighted by Gasteiger charge is 1.98. The van der Waals surface area contributed by atoms with Crippen molar-refractivity contribution in [2.24, 2.45) is 7.05 Å². The number of anilines is 1. The third kappa shape index (κ3) is 3.15. The van der Waals surface area contributed by atoms with Crippen LogP contribution < -0.4 is 5.73 Å². The van der Waals surface area contributed by atoms with Gasteiger partial charge in [0.1, 0.15) is 0 Å². The fraction of sp³-hybridized carbons (Fsp3) is 0.333. The van der Waals surface area contributed by atoms with E-state index < -0.39 is 0 Å². The van der Waals surface area contributed by atoms with Crippen LogP contribution >= 0.6 is 11.8 Å². The predicted molar refractivity (Wildman–Crippen MR) is 57.6 cm³/mol. The van der Waals surface area contributed by atoms with Gasteiger partial charge in [0.2, 0.25) is 0 Å². The maximum atomic E-state index is 10.6. The number of hydrogen-bond donors (Lipinski definition) is 1. The lowest BCUT2D eigenvalue weighted by molar-refractivity contribution is -0.109. The van der Waals surface area contributed by atoms with Crippen molar-refractivity contribution < 1.29 is 4.79 Å². The summed E-state index contributed by atoms with van der Waals surface area (Å²) in [6.07, 6.45) is 1.75. The summed E-state index contributed by atoms with van der Waals surface area (Å²) < 4.78 is 1.61. The van der Waals surface area contributed by atoms with Gasteiger partial charge in [0.05, 0.1) is 11.3 Å². The van der Waals surface area contributed by atoms with E-state index in [1.54, 1.807) is 17.9 Å². The van der Waals surface area contributed by atoms with Gasteiger partial charge in [-0.1, -0.05) is 23.6 Å². The number of aromatic nitrogens is 2. The van der Waals surface area contributed by atoms with Crippen LogP contribution in [0.2, 0.25) is 0 Å². The first-order valence-corrected chi connectivity index (χ1v) is 4.99. The molecular weight excluding hydrogens is 198 g/mol. The fourth-order valence-corrected chi connectivity index (χ4v) is 1.22. The molecule has 0 radical (unpaired) electrons. The summed E-state index contributed by atoms with van der Waals surface area (Å²) in [6.45, 7) is 1.52. The zero-order valence-corrected chi connectivity index (χ0v) is 8.89. The third-order valence-corrected chi connectivity index (χ3v) is 2.12. The average molecular weight is 209 g/mol. The molecule has 2 N–H and O–H groups in total. The molecule has 74 valence electrons. The van der Waals surface area contributed by atoms with E-state index in [0.717, 1.165) is 0 Å². The molecule has 1 heterocycles. The van der Waals surface area contributed by atoms with Crippen molar-refractivity contribution >= 4 is 22.7 Å². The Hall–Kier alpha value is -1.41. The number of nitrogens with zero attached hydrogens (tertiary/aromatic N) is 2. The van der Waals surface area contributed by atoms with E-state index >= 15 is 0 Å². The SMILES string of the molecule is CC(=O)SCC#Cc1cn(C)nc1N. The number of hydrogen-bond acceptors (Lipinski definition) is 4. The van der Waals surface area contributed by atoms with Gasteiger partial charge in [0, 0.05) is 20.2 Å². The van der Waals surface area contributed by atoms with Gasteiger partial charge >= 0.3 is 0 Å². The molecular formula is C9H11N3OS. The van der Waals surface area contributed by atoms with Crippen LogP contribution in [-0.4, -0.2) is 20.6 Å². The van der Waals surface area contributed by atoms with E-state index in [4.69, 9.17) is 5.73 Å². The summed E-state index contributed by atoms with van der Waals surface area (Å²) in [5.74, 6) is 6.62. The number of carbonyl (C=O) groups excluding carboxylic acids is 1. The summed E-state index contributed by atoms with van der Waals surface area (Å²) in [7, 11) is 1.78. The van der Waals surface area contributed by atoms with Gasteiger partial charge in [0.25, 0.3) is 0 Å². The molecule has 0 aliphatic carbocycles. The summed E-state index contributed by atoms with van der Waals surface area (Å²) in [6, 6.07) is 0. The van der Waals surface area contributed by atoms with E-state index in [1.807, 2.05) is 0 Å². The first kappa shape index (κ1) is 10.7. The van der Waals surface area contributed by atoms with Crippen molar-refractivity contribution in [2.75, 3.05) is 11.5 Å². The van der Waals surface area contributed by atoms with Gasteiger partial charge in [-0.05, 0) is 0 Å². The molecule has 0 saturated heterocycles. The van der Waals surface area contributed by atoms with E-state index in [0.29, 0.717) is 17.1 Å². The Bertz CT molecular complexity index is 400. The Morgan fingerprint density at radius 1 is 1.79 bits per heavy atom. The molecule has 5 heteroatoms. The van der Waals surface area contributed by atoms with Gasteiger partial charge < -0.3 is 5.73 Å². The lowest BCUT2D eigenvalue weighted by Crippen LogP contribution is -1.90. The third-order valence-electron chi connectivity index (χ3n) is 1.43. The van der Waals surface area contributed by atoms with Crippen molar-refractivity contribution in [1.29, 1.82) is 0 Å². The second-order valence-corrected chi connectivity index (χ2v) is 3.84. The molecule has 0 bridgehead atoms. The van der Waals surface area contributed by atoms with E-state index in [1.165, 1.54) is 18.7 Å². The molecule has 0 saturated carbocycles. The number of nitrogens with two attached hydrogens (primary N) is 1. The van der Waals surface area contributed by atoms with Crippen LogP contribution in [-0.2, 0) is 11.8 Å². The number of nitrogen functional groups attached to an aromatic ring is 1. The predicted octanol–water partition coefficient (Wildman–Crippen LogP) is 0.634. The normalized spacial score (nSPS) is 9.29. The first-order chi connectivity index (χ1) is 6.59. The molecule has 1 aromatic heterocycles. The summed E-state index contributed by atoms with van der Waals surface area (Å²) >= 11 is 1.18. The van der Waals surface area contributed by atoms with Gasteiger partial charge in [-0.2, -0.15) is 5.10 Å². The Kier molecular flexibility index (Phi) is 3.60. The molecule has 4 nitrogen and oxygen atoms in total. The van der Waals surface area contributed by atoms with Crippen molar-refractivity contribution in [3.8, 4) is 11.8 Å². The maximum Gasteiger partial charge on any atom is 0.186 e. The Labute approximate surface area is 86.9 Å². The molecule has 0 aliphatic heterocycles. The van der Waals surface area contributed by atoms with Crippen LogP contribution in [0.1, 0.15) is 12.5 Å². The zero-order valence-electron chi connectivity index (χ0n) is 8.07. The van der Waals surface area contributed by atoms with Gasteiger partial charge in [0.15, 0.2) is 10.9 Å². The van der Waals surface area contributed by atoms with Crippen LogP contribution in [0.25, 0.3) is 0 Å². The van der Waals surface area contributed by atoms with Crippen LogP contribution in [0.15, 0.2) is 6.20 Å². The maximum absolute atomic E-state index is 10.6. The Balaban J connectivity index is 2.59. The highest BCUT2D eigenvalue weighted by Crippen LogP contribution is 2.05. The number of rotatable bonds is 1. The van der Waals surface area contributed by atoms with Crippen molar-refractivity contribution in [2.45, 2.75) is 6.92 Å². The average Bonchev–Trinajstić information content (AvgIpc) is 2.39. The van der Waals surface area contributed by atoms with Crippen LogP contribution in [0.4, 0.5) is 5.82 Å². The van der Waals surface area contributed by atoms with Crippen LogP contribution in [0.3, 0.4) is 0 Å². The number of carbonyl (C=O) groups is 1.